The molecule has 4 aliphatic rings. The van der Waals surface area contributed by atoms with E-state index in [-0.39, 0.29) is 17.7 Å². The maximum absolute atomic E-state index is 13.3. The number of rotatable bonds is 3. The van der Waals surface area contributed by atoms with Gasteiger partial charge in [0.25, 0.3) is 5.91 Å². The average Bonchev–Trinajstić information content (AvgIpc) is 3.36. The summed E-state index contributed by atoms with van der Waals surface area (Å²) < 4.78 is 0. The van der Waals surface area contributed by atoms with Crippen molar-refractivity contribution in [3.8, 4) is 0 Å². The molecule has 1 N–H and O–H groups in total. The van der Waals surface area contributed by atoms with Gasteiger partial charge in [0.2, 0.25) is 0 Å². The van der Waals surface area contributed by atoms with Gasteiger partial charge in [0, 0.05) is 25.4 Å². The van der Waals surface area contributed by atoms with E-state index < -0.39 is 0 Å². The van der Waals surface area contributed by atoms with E-state index in [1.165, 1.54) is 12.5 Å². The Morgan fingerprint density at radius 2 is 1.85 bits per heavy atom. The number of carbonyl (C=O) groups excluding carboxylic acids is 2. The number of aromatic nitrogens is 2. The summed E-state index contributed by atoms with van der Waals surface area (Å²) in [5.74, 6) is 0.734. The molecule has 5 heterocycles. The van der Waals surface area contributed by atoms with Crippen LogP contribution in [0.15, 0.2) is 36.4 Å². The third kappa shape index (κ3) is 2.62. The molecule has 1 amide bonds. The smallest absolute Gasteiger partial charge is 0.272 e. The van der Waals surface area contributed by atoms with Crippen molar-refractivity contribution in [1.82, 2.24) is 20.0 Å². The van der Waals surface area contributed by atoms with Gasteiger partial charge in [0.15, 0.2) is 5.78 Å². The zero-order valence-corrected chi connectivity index (χ0v) is 15.5. The van der Waals surface area contributed by atoms with Gasteiger partial charge in [-0.05, 0) is 43.5 Å². The molecule has 4 saturated heterocycles. The van der Waals surface area contributed by atoms with Crippen molar-refractivity contribution in [2.45, 2.75) is 37.8 Å². The van der Waals surface area contributed by atoms with Crippen LogP contribution < -0.4 is 0 Å². The first-order valence-corrected chi connectivity index (χ1v) is 9.80. The fourth-order valence-corrected chi connectivity index (χ4v) is 5.41. The van der Waals surface area contributed by atoms with E-state index in [0.717, 1.165) is 32.5 Å². The van der Waals surface area contributed by atoms with Crippen LogP contribution >= 0.6 is 0 Å². The molecule has 4 aliphatic heterocycles. The number of nitrogens with zero attached hydrogens (tertiary/aromatic N) is 3. The monoisotopic (exact) mass is 364 g/mol. The van der Waals surface area contributed by atoms with Gasteiger partial charge < -0.3 is 4.90 Å². The summed E-state index contributed by atoms with van der Waals surface area (Å²) in [5, 5.41) is 6.79. The highest BCUT2D eigenvalue weighted by Crippen LogP contribution is 2.46. The fraction of sp³-hybridized carbons (Fsp3) is 0.476. The molecule has 6 heteroatoms. The second-order valence-electron chi connectivity index (χ2n) is 8.05. The van der Waals surface area contributed by atoms with Crippen molar-refractivity contribution in [3.05, 3.63) is 53.3 Å². The van der Waals surface area contributed by atoms with E-state index in [0.29, 0.717) is 29.3 Å². The summed E-state index contributed by atoms with van der Waals surface area (Å²) in [6, 6.07) is 12.8. The summed E-state index contributed by atoms with van der Waals surface area (Å²) in [4.78, 5) is 29.5. The lowest BCUT2D eigenvalue weighted by Gasteiger charge is -2.51. The van der Waals surface area contributed by atoms with Crippen LogP contribution in [0, 0.1) is 5.92 Å². The van der Waals surface area contributed by atoms with Crippen LogP contribution in [-0.2, 0) is 0 Å². The minimum Gasteiger partial charge on any atom is -0.332 e. The first kappa shape index (κ1) is 16.7. The standard InChI is InChI=1S/C21H24N4O2/c1-13(26)17-11-18(23-22-17)21(27)25-12-16(14-5-3-2-4-6-14)20-19(25)15-7-9-24(20)10-8-15/h2-6,11,15-16,19-20H,7-10,12H2,1H3,(H,22,23)/t16-,19-,20-/m1/s1. The minimum atomic E-state index is -0.130. The number of likely N-dealkylation sites (tertiary alicyclic amines) is 1. The molecule has 6 nitrogen and oxygen atoms in total. The van der Waals surface area contributed by atoms with E-state index >= 15 is 0 Å². The lowest BCUT2D eigenvalue weighted by Crippen LogP contribution is -2.60. The number of benzene rings is 1. The zero-order valence-electron chi connectivity index (χ0n) is 15.5. The van der Waals surface area contributed by atoms with Gasteiger partial charge in [-0.2, -0.15) is 5.10 Å². The normalized spacial score (nSPS) is 31.7. The van der Waals surface area contributed by atoms with Gasteiger partial charge in [0.1, 0.15) is 11.4 Å². The maximum atomic E-state index is 13.3. The molecule has 2 bridgehead atoms. The van der Waals surface area contributed by atoms with Crippen LogP contribution in [-0.4, -0.2) is 63.4 Å². The van der Waals surface area contributed by atoms with Crippen molar-refractivity contribution in [2.24, 2.45) is 5.92 Å². The molecule has 0 saturated carbocycles. The Balaban J connectivity index is 1.50. The quantitative estimate of drug-likeness (QED) is 0.849. The van der Waals surface area contributed by atoms with E-state index in [2.05, 4.69) is 44.3 Å². The SMILES string of the molecule is CC(=O)c1cc(C(=O)N2C[C@H](c3ccccc3)[C@@H]3[C@H]2C2CCN3CC2)[nH]n1. The second-order valence-corrected chi connectivity index (χ2v) is 8.05. The van der Waals surface area contributed by atoms with Crippen LogP contribution in [0.3, 0.4) is 0 Å². The van der Waals surface area contributed by atoms with Gasteiger partial charge in [-0.25, -0.2) is 0 Å². The molecule has 27 heavy (non-hydrogen) atoms. The molecular formula is C21H24N4O2. The van der Waals surface area contributed by atoms with Crippen LogP contribution in [0.4, 0.5) is 0 Å². The van der Waals surface area contributed by atoms with Gasteiger partial charge in [0.05, 0.1) is 6.04 Å². The van der Waals surface area contributed by atoms with Gasteiger partial charge in [-0.15, -0.1) is 0 Å². The molecule has 1 aromatic carbocycles. The lowest BCUT2D eigenvalue weighted by molar-refractivity contribution is -0.00358. The molecule has 3 atom stereocenters. The van der Waals surface area contributed by atoms with Crippen molar-refractivity contribution in [1.29, 1.82) is 0 Å². The molecule has 140 valence electrons. The Hall–Kier alpha value is -2.47. The van der Waals surface area contributed by atoms with Gasteiger partial charge >= 0.3 is 0 Å². The Kier molecular flexibility index (Phi) is 3.90. The molecule has 0 radical (unpaired) electrons. The Bertz CT molecular complexity index is 869. The highest BCUT2D eigenvalue weighted by molar-refractivity contribution is 5.97. The number of piperidine rings is 3. The minimum absolute atomic E-state index is 0.0304. The summed E-state index contributed by atoms with van der Waals surface area (Å²) in [5.41, 5.74) is 2.05. The average molecular weight is 364 g/mol. The second kappa shape index (κ2) is 6.30. The highest BCUT2D eigenvalue weighted by Gasteiger charge is 2.54. The molecule has 0 unspecified atom stereocenters. The van der Waals surface area contributed by atoms with Crippen molar-refractivity contribution >= 4 is 11.7 Å². The van der Waals surface area contributed by atoms with E-state index in [1.54, 1.807) is 6.07 Å². The summed E-state index contributed by atoms with van der Waals surface area (Å²) in [6.07, 6.45) is 2.32. The van der Waals surface area contributed by atoms with Crippen LogP contribution in [0.5, 0.6) is 0 Å². The summed E-state index contributed by atoms with van der Waals surface area (Å²) >= 11 is 0. The number of H-pyrrole nitrogens is 1. The van der Waals surface area contributed by atoms with Crippen molar-refractivity contribution < 1.29 is 9.59 Å². The summed E-state index contributed by atoms with van der Waals surface area (Å²) in [7, 11) is 0. The number of amides is 1. The topological polar surface area (TPSA) is 69.3 Å². The number of hydrogen-bond donors (Lipinski definition) is 1. The molecule has 1 aromatic heterocycles. The molecule has 2 aromatic rings. The van der Waals surface area contributed by atoms with Crippen molar-refractivity contribution in [3.63, 3.8) is 0 Å². The maximum Gasteiger partial charge on any atom is 0.272 e. The number of aromatic amines is 1. The molecule has 0 spiro atoms. The van der Waals surface area contributed by atoms with E-state index in [1.807, 2.05) is 6.07 Å². The number of fused-ring (bicyclic) bond motifs is 2. The first-order chi connectivity index (χ1) is 13.1. The van der Waals surface area contributed by atoms with Gasteiger partial charge in [-0.3, -0.25) is 19.6 Å². The van der Waals surface area contributed by atoms with E-state index in [4.69, 9.17) is 0 Å². The molecule has 4 fully saturated rings. The lowest BCUT2D eigenvalue weighted by atomic mass is 9.75. The molecule has 0 aliphatic carbocycles. The number of ketones is 1. The zero-order chi connectivity index (χ0) is 18.5. The number of hydrogen-bond acceptors (Lipinski definition) is 4. The fourth-order valence-electron chi connectivity index (χ4n) is 5.41. The van der Waals surface area contributed by atoms with Crippen LogP contribution in [0.1, 0.15) is 52.2 Å². The predicted molar refractivity (Wildman–Crippen MR) is 101 cm³/mol. The largest absolute Gasteiger partial charge is 0.332 e. The summed E-state index contributed by atoms with van der Waals surface area (Å²) in [6.45, 7) is 4.46. The number of nitrogens with one attached hydrogen (secondary N) is 1. The van der Waals surface area contributed by atoms with Crippen LogP contribution in [0.2, 0.25) is 0 Å². The Morgan fingerprint density at radius 1 is 1.11 bits per heavy atom. The highest BCUT2D eigenvalue weighted by atomic mass is 16.2. The predicted octanol–water partition coefficient (Wildman–Crippen LogP) is 2.31. The third-order valence-electron chi connectivity index (χ3n) is 6.65. The third-order valence-corrected chi connectivity index (χ3v) is 6.65. The number of carbonyl (C=O) groups is 2. The molecular weight excluding hydrogens is 340 g/mol. The van der Waals surface area contributed by atoms with E-state index in [9.17, 15) is 9.59 Å². The molecule has 6 rings (SSSR count). The van der Waals surface area contributed by atoms with Gasteiger partial charge in [-0.1, -0.05) is 30.3 Å². The number of Topliss-reactive ketones (excluding diaryl/α,β-unsaturated/α-hetero) is 1. The Morgan fingerprint density at radius 3 is 2.52 bits per heavy atom. The Labute approximate surface area is 158 Å². The first-order valence-electron chi connectivity index (χ1n) is 9.80. The van der Waals surface area contributed by atoms with Crippen molar-refractivity contribution in [2.75, 3.05) is 19.6 Å². The van der Waals surface area contributed by atoms with Crippen LogP contribution in [0.25, 0.3) is 0 Å².